The molecule has 1 saturated heterocycles. The highest BCUT2D eigenvalue weighted by Crippen LogP contribution is 2.38. The molecule has 6 rings (SSSR count). The first-order chi connectivity index (χ1) is 23.9. The van der Waals surface area contributed by atoms with Crippen molar-refractivity contribution in [2.75, 3.05) is 35.5 Å². The van der Waals surface area contributed by atoms with Gasteiger partial charge in [0.1, 0.15) is 23.6 Å². The molecule has 0 saturated carbocycles. The Hall–Kier alpha value is -4.43. The number of amides is 1. The molecule has 1 aromatic carbocycles. The maximum Gasteiger partial charge on any atom is 0.232 e. The quantitative estimate of drug-likeness (QED) is 0.208. The van der Waals surface area contributed by atoms with E-state index < -0.39 is 38.9 Å². The second-order valence-corrected chi connectivity index (χ2v) is 15.4. The zero-order valence-corrected chi connectivity index (χ0v) is 29.3. The number of carbonyl (C=O) groups is 1. The molecule has 0 bridgehead atoms. The van der Waals surface area contributed by atoms with Crippen LogP contribution in [0.1, 0.15) is 58.8 Å². The van der Waals surface area contributed by atoms with Gasteiger partial charge in [0, 0.05) is 61.3 Å². The van der Waals surface area contributed by atoms with Crippen LogP contribution >= 0.6 is 0 Å². The molecule has 2 N–H and O–H groups in total. The predicted molar refractivity (Wildman–Crippen MR) is 189 cm³/mol. The molecule has 2 atom stereocenters. The zero-order chi connectivity index (χ0) is 35.6. The summed E-state index contributed by atoms with van der Waals surface area (Å²) in [4.78, 5) is 31.0. The summed E-state index contributed by atoms with van der Waals surface area (Å²) in [5, 5.41) is 10.2. The summed E-state index contributed by atoms with van der Waals surface area (Å²) in [7, 11) is -1.88. The van der Waals surface area contributed by atoms with Gasteiger partial charge < -0.3 is 19.5 Å². The van der Waals surface area contributed by atoms with E-state index in [1.54, 1.807) is 37.6 Å². The van der Waals surface area contributed by atoms with Gasteiger partial charge in [-0.3, -0.25) is 9.52 Å². The summed E-state index contributed by atoms with van der Waals surface area (Å²) in [6.45, 7) is 4.91. The summed E-state index contributed by atoms with van der Waals surface area (Å²) in [6, 6.07) is 5.73. The lowest BCUT2D eigenvalue weighted by atomic mass is 9.77. The topological polar surface area (TPSA) is 134 Å². The molecule has 1 aliphatic carbocycles. The number of nitrogens with zero attached hydrogens (tertiary/aromatic N) is 6. The Morgan fingerprint density at radius 1 is 1.10 bits per heavy atom. The molecule has 11 nitrogen and oxygen atoms in total. The summed E-state index contributed by atoms with van der Waals surface area (Å²) in [5.74, 6) is -1.36. The largest absolute Gasteiger partial charge is 0.389 e. The molecule has 1 fully saturated rings. The summed E-state index contributed by atoms with van der Waals surface area (Å²) >= 11 is 0. The first-order valence-electron chi connectivity index (χ1n) is 17.0. The van der Waals surface area contributed by atoms with Gasteiger partial charge in [-0.25, -0.2) is 32.2 Å². The number of nitrogens with one attached hydrogen (secondary N) is 1. The van der Waals surface area contributed by atoms with E-state index in [1.807, 2.05) is 31.0 Å². The molecular weight excluding hydrogens is 665 g/mol. The molecule has 3 aromatic heterocycles. The Kier molecular flexibility index (Phi) is 10.2. The number of halogens is 2. The van der Waals surface area contributed by atoms with E-state index in [0.29, 0.717) is 60.3 Å². The van der Waals surface area contributed by atoms with E-state index in [1.165, 1.54) is 10.9 Å². The second-order valence-electron chi connectivity index (χ2n) is 13.5. The molecule has 0 spiro atoms. The maximum atomic E-state index is 16.0. The molecule has 50 heavy (non-hydrogen) atoms. The van der Waals surface area contributed by atoms with Crippen LogP contribution in [0.2, 0.25) is 0 Å². The van der Waals surface area contributed by atoms with Crippen LogP contribution in [0.15, 0.2) is 61.3 Å². The van der Waals surface area contributed by atoms with Crippen molar-refractivity contribution < 1.29 is 27.1 Å². The highest BCUT2D eigenvalue weighted by Gasteiger charge is 2.38. The van der Waals surface area contributed by atoms with Crippen LogP contribution in [-0.4, -0.2) is 81.9 Å². The van der Waals surface area contributed by atoms with Gasteiger partial charge in [-0.05, 0) is 69.2 Å². The van der Waals surface area contributed by atoms with Gasteiger partial charge in [0.05, 0.1) is 28.6 Å². The fourth-order valence-corrected chi connectivity index (χ4v) is 8.17. The van der Waals surface area contributed by atoms with E-state index in [2.05, 4.69) is 19.6 Å². The van der Waals surface area contributed by atoms with Gasteiger partial charge in [0.25, 0.3) is 0 Å². The molecule has 0 unspecified atom stereocenters. The summed E-state index contributed by atoms with van der Waals surface area (Å²) < 4.78 is 59.9. The number of allylic oxidation sites excluding steroid dienone is 1. The number of benzene rings is 1. The molecule has 2 aliphatic rings. The summed E-state index contributed by atoms with van der Waals surface area (Å²) in [6.07, 6.45) is 13.9. The molecule has 4 heterocycles. The number of piperidine rings is 1. The van der Waals surface area contributed by atoms with E-state index in [4.69, 9.17) is 4.98 Å². The van der Waals surface area contributed by atoms with Crippen LogP contribution in [0.25, 0.3) is 27.8 Å². The average Bonchev–Trinajstić information content (AvgIpc) is 3.48. The van der Waals surface area contributed by atoms with Crippen molar-refractivity contribution in [3.63, 3.8) is 0 Å². The van der Waals surface area contributed by atoms with E-state index in [-0.39, 0.29) is 23.4 Å². The number of aliphatic hydroxyl groups is 1. The van der Waals surface area contributed by atoms with Gasteiger partial charge in [-0.15, -0.1) is 0 Å². The SMILES string of the molecule is CCCS(=O)(=O)Nc1ccc(F)c(-n2cc(-c3cncnc3)c3nc(N(C)C4CCN(C(=O)[C@]5(C)CC/C=C/[C@H](O)CC5)CC4)ccc32)c1F. The molecule has 266 valence electrons. The number of pyridine rings is 1. The molecular formula is C36H43F2N7O4S. The van der Waals surface area contributed by atoms with Gasteiger partial charge >= 0.3 is 0 Å². The van der Waals surface area contributed by atoms with Crippen molar-refractivity contribution in [3.05, 3.63) is 73.0 Å². The van der Waals surface area contributed by atoms with Crippen LogP contribution in [-0.2, 0) is 14.8 Å². The average molecular weight is 708 g/mol. The van der Waals surface area contributed by atoms with Crippen molar-refractivity contribution in [3.8, 4) is 16.8 Å². The highest BCUT2D eigenvalue weighted by atomic mass is 32.2. The predicted octanol–water partition coefficient (Wildman–Crippen LogP) is 5.84. The number of hydrogen-bond donors (Lipinski definition) is 2. The van der Waals surface area contributed by atoms with Gasteiger partial charge in [0.15, 0.2) is 5.82 Å². The van der Waals surface area contributed by atoms with E-state index in [9.17, 15) is 18.3 Å². The van der Waals surface area contributed by atoms with Crippen molar-refractivity contribution in [2.45, 2.75) is 70.9 Å². The normalized spacial score (nSPS) is 21.1. The third kappa shape index (κ3) is 7.22. The van der Waals surface area contributed by atoms with Crippen LogP contribution in [0, 0.1) is 17.0 Å². The number of anilines is 2. The molecule has 14 heteroatoms. The third-order valence-electron chi connectivity index (χ3n) is 9.94. The fraction of sp³-hybridized carbons (Fsp3) is 0.444. The Morgan fingerprint density at radius 3 is 2.56 bits per heavy atom. The minimum atomic E-state index is -3.84. The number of aromatic nitrogens is 4. The number of aliphatic hydroxyl groups excluding tert-OH is 1. The number of rotatable bonds is 9. The minimum Gasteiger partial charge on any atom is -0.389 e. The van der Waals surface area contributed by atoms with Crippen molar-refractivity contribution in [1.29, 1.82) is 0 Å². The van der Waals surface area contributed by atoms with Gasteiger partial charge in [-0.1, -0.05) is 26.0 Å². The number of sulfonamides is 1. The van der Waals surface area contributed by atoms with Crippen LogP contribution in [0.3, 0.4) is 0 Å². The van der Waals surface area contributed by atoms with Gasteiger partial charge in [-0.2, -0.15) is 0 Å². The Balaban J connectivity index is 1.29. The van der Waals surface area contributed by atoms with Crippen LogP contribution < -0.4 is 9.62 Å². The monoisotopic (exact) mass is 707 g/mol. The molecule has 1 aliphatic heterocycles. The van der Waals surface area contributed by atoms with Crippen LogP contribution in [0.4, 0.5) is 20.3 Å². The van der Waals surface area contributed by atoms with Crippen molar-refractivity contribution >= 4 is 38.5 Å². The Bertz CT molecular complexity index is 2000. The first kappa shape index (κ1) is 35.4. The number of hydrogen-bond acceptors (Lipinski definition) is 8. The smallest absolute Gasteiger partial charge is 0.232 e. The standard InChI is InChI=1S/C36H43F2N7O4S/c1-4-19-50(48,49)42-29-9-8-28(37)34(32(29)38)45-22-27(24-20-39-23-40-21-24)33-30(45)10-11-31(41-33)43(3)25-13-17-44(18-14-25)35(47)36(2)15-6-5-7-26(46)12-16-36/h5,7-11,20-23,25-26,42,46H,4,6,12-19H2,1-3H3/b7-5+/t26-,36+/m0/s1. The van der Waals surface area contributed by atoms with Crippen LogP contribution in [0.5, 0.6) is 0 Å². The minimum absolute atomic E-state index is 0.0900. The number of likely N-dealkylation sites (tertiary alicyclic amines) is 1. The lowest BCUT2D eigenvalue weighted by Gasteiger charge is -2.41. The Labute approximate surface area is 291 Å². The zero-order valence-electron chi connectivity index (χ0n) is 28.5. The first-order valence-corrected chi connectivity index (χ1v) is 18.7. The molecule has 1 amide bonds. The van der Waals surface area contributed by atoms with Crippen molar-refractivity contribution in [2.24, 2.45) is 5.41 Å². The fourth-order valence-electron chi connectivity index (χ4n) is 7.03. The summed E-state index contributed by atoms with van der Waals surface area (Å²) in [5.41, 5.74) is 0.675. The number of fused-ring (bicyclic) bond motifs is 1. The van der Waals surface area contributed by atoms with Gasteiger partial charge in [0.2, 0.25) is 15.9 Å². The van der Waals surface area contributed by atoms with E-state index >= 15 is 8.78 Å². The van der Waals surface area contributed by atoms with Crippen molar-refractivity contribution in [1.82, 2.24) is 24.4 Å². The lowest BCUT2D eigenvalue weighted by Crippen LogP contribution is -2.50. The Morgan fingerprint density at radius 2 is 1.84 bits per heavy atom. The number of carbonyl (C=O) groups excluding carboxylic acids is 1. The lowest BCUT2D eigenvalue weighted by molar-refractivity contribution is -0.143. The third-order valence-corrected chi connectivity index (χ3v) is 11.4. The highest BCUT2D eigenvalue weighted by molar-refractivity contribution is 7.92. The maximum absolute atomic E-state index is 16.0. The molecule has 4 aromatic rings. The second kappa shape index (κ2) is 14.4. The molecule has 0 radical (unpaired) electrons. The van der Waals surface area contributed by atoms with E-state index in [0.717, 1.165) is 37.8 Å².